The average Bonchev–Trinajstić information content (AvgIpc) is 2.59. The summed E-state index contributed by atoms with van der Waals surface area (Å²) in [7, 11) is -3.89. The van der Waals surface area contributed by atoms with Crippen LogP contribution in [0.15, 0.2) is 40.0 Å². The number of nitrogens with two attached hydrogens (primary N) is 1. The molecule has 0 atom stereocenters. The maximum absolute atomic E-state index is 12.5. The molecule has 148 valence electrons. The first kappa shape index (κ1) is 22.9. The number of aromatic nitrogens is 1. The zero-order chi connectivity index (χ0) is 19.5. The number of hydrogen-bond donors (Lipinski definition) is 4. The molecular formula is C15H19Cl2N5O4S. The van der Waals surface area contributed by atoms with Gasteiger partial charge in [-0.2, -0.15) is 0 Å². The van der Waals surface area contributed by atoms with Crippen LogP contribution in [0.4, 0.5) is 5.69 Å². The molecule has 0 fully saturated rings. The number of nitrogens with one attached hydrogen (secondary N) is 2. The average molecular weight is 436 g/mol. The van der Waals surface area contributed by atoms with Crippen LogP contribution in [0.25, 0.3) is 10.8 Å². The Bertz CT molecular complexity index is 979. The molecule has 12 heteroatoms. The first-order chi connectivity index (χ1) is 12.1. The fraction of sp³-hybridized carbons (Fsp3) is 0.267. The summed E-state index contributed by atoms with van der Waals surface area (Å²) >= 11 is 5.28. The number of halogens is 2. The highest BCUT2D eigenvalue weighted by Crippen LogP contribution is 2.25. The predicted molar refractivity (Wildman–Crippen MR) is 107 cm³/mol. The van der Waals surface area contributed by atoms with Crippen LogP contribution < -0.4 is 15.8 Å². The molecule has 0 spiro atoms. The maximum atomic E-state index is 12.5. The van der Waals surface area contributed by atoms with Crippen LogP contribution in [0.5, 0.6) is 0 Å². The molecular weight excluding hydrogens is 417 g/mol. The van der Waals surface area contributed by atoms with E-state index in [-0.39, 0.29) is 29.8 Å². The van der Waals surface area contributed by atoms with Gasteiger partial charge >= 0.3 is 5.97 Å². The minimum absolute atomic E-state index is 0. The van der Waals surface area contributed by atoms with Gasteiger partial charge in [0.1, 0.15) is 0 Å². The predicted octanol–water partition coefficient (Wildman–Crippen LogP) is 1.93. The summed E-state index contributed by atoms with van der Waals surface area (Å²) < 4.78 is 30.5. The van der Waals surface area contributed by atoms with Gasteiger partial charge in [0.2, 0.25) is 16.0 Å². The van der Waals surface area contributed by atoms with Crippen LogP contribution >= 0.6 is 24.2 Å². The molecule has 27 heavy (non-hydrogen) atoms. The number of guanidine groups is 1. The lowest BCUT2D eigenvalue weighted by atomic mass is 9.95. The van der Waals surface area contributed by atoms with Crippen molar-refractivity contribution in [2.75, 3.05) is 11.9 Å². The van der Waals surface area contributed by atoms with Crippen molar-refractivity contribution in [1.82, 2.24) is 9.71 Å². The van der Waals surface area contributed by atoms with Crippen molar-refractivity contribution in [2.45, 2.75) is 18.7 Å². The van der Waals surface area contributed by atoms with E-state index in [0.29, 0.717) is 16.5 Å². The molecule has 0 unspecified atom stereocenters. The molecule has 0 amide bonds. The van der Waals surface area contributed by atoms with Crippen LogP contribution in [0.1, 0.15) is 13.8 Å². The monoisotopic (exact) mass is 435 g/mol. The summed E-state index contributed by atoms with van der Waals surface area (Å²) in [4.78, 5) is 15.1. The number of carboxylic acids is 1. The normalized spacial score (nSPS) is 12.5. The summed E-state index contributed by atoms with van der Waals surface area (Å²) in [5, 5.41) is 13.0. The van der Waals surface area contributed by atoms with E-state index in [2.05, 4.69) is 19.5 Å². The molecule has 1 aromatic carbocycles. The number of carboxylic acid groups (broad SMARTS) is 1. The number of aliphatic carboxylic acids is 1. The highest BCUT2D eigenvalue weighted by atomic mass is 35.5. The molecule has 0 aliphatic carbocycles. The quantitative estimate of drug-likeness (QED) is 0.400. The highest BCUT2D eigenvalue weighted by molar-refractivity contribution is 7.89. The van der Waals surface area contributed by atoms with Crippen LogP contribution in [0, 0.1) is 5.41 Å². The third kappa shape index (κ3) is 5.42. The maximum Gasteiger partial charge on any atom is 0.310 e. The van der Waals surface area contributed by atoms with Crippen molar-refractivity contribution in [2.24, 2.45) is 15.7 Å². The van der Waals surface area contributed by atoms with E-state index in [1.165, 1.54) is 38.4 Å². The van der Waals surface area contributed by atoms with E-state index in [1.54, 1.807) is 6.07 Å². The smallest absolute Gasteiger partial charge is 0.310 e. The van der Waals surface area contributed by atoms with Gasteiger partial charge in [0, 0.05) is 35.3 Å². The second-order valence-corrected chi connectivity index (χ2v) is 8.11. The Morgan fingerprint density at radius 2 is 2.04 bits per heavy atom. The summed E-state index contributed by atoms with van der Waals surface area (Å²) in [5.41, 5.74) is 4.80. The first-order valence-corrected chi connectivity index (χ1v) is 9.21. The van der Waals surface area contributed by atoms with Crippen LogP contribution in [0.2, 0.25) is 0 Å². The second kappa shape index (κ2) is 8.70. The Morgan fingerprint density at radius 1 is 1.37 bits per heavy atom. The number of benzene rings is 1. The SMILES string of the molecule is CC(C)(CNS(=O)(=O)c1ccc2c(NC(N)=NCl)cncc2c1)C(=O)O.Cl. The Morgan fingerprint density at radius 3 is 2.63 bits per heavy atom. The third-order valence-electron chi connectivity index (χ3n) is 3.68. The lowest BCUT2D eigenvalue weighted by Crippen LogP contribution is -2.38. The number of rotatable bonds is 6. The molecule has 1 aromatic heterocycles. The van der Waals surface area contributed by atoms with Gasteiger partial charge < -0.3 is 16.2 Å². The van der Waals surface area contributed by atoms with E-state index in [4.69, 9.17) is 22.6 Å². The fourth-order valence-electron chi connectivity index (χ4n) is 2.01. The summed E-state index contributed by atoms with van der Waals surface area (Å²) in [6.07, 6.45) is 2.99. The molecule has 0 radical (unpaired) electrons. The number of anilines is 1. The van der Waals surface area contributed by atoms with Crippen molar-refractivity contribution in [3.05, 3.63) is 30.6 Å². The van der Waals surface area contributed by atoms with E-state index < -0.39 is 21.4 Å². The highest BCUT2D eigenvalue weighted by Gasteiger charge is 2.29. The molecule has 5 N–H and O–H groups in total. The number of fused-ring (bicyclic) bond motifs is 1. The summed E-state index contributed by atoms with van der Waals surface area (Å²) in [5.74, 6) is -1.13. The van der Waals surface area contributed by atoms with Crippen molar-refractivity contribution in [3.8, 4) is 0 Å². The number of carbonyl (C=O) groups is 1. The zero-order valence-corrected chi connectivity index (χ0v) is 16.8. The van der Waals surface area contributed by atoms with E-state index in [1.807, 2.05) is 0 Å². The largest absolute Gasteiger partial charge is 0.481 e. The second-order valence-electron chi connectivity index (χ2n) is 6.18. The molecule has 9 nitrogen and oxygen atoms in total. The van der Waals surface area contributed by atoms with Gasteiger partial charge in [-0.15, -0.1) is 16.9 Å². The van der Waals surface area contributed by atoms with Gasteiger partial charge in [-0.1, -0.05) is 6.07 Å². The van der Waals surface area contributed by atoms with Crippen molar-refractivity contribution in [1.29, 1.82) is 0 Å². The van der Waals surface area contributed by atoms with Crippen molar-refractivity contribution >= 4 is 62.6 Å². The Labute approximate surface area is 167 Å². The van der Waals surface area contributed by atoms with Gasteiger partial charge in [-0.25, -0.2) is 13.1 Å². The summed E-state index contributed by atoms with van der Waals surface area (Å²) in [6, 6.07) is 4.41. The Kier molecular flexibility index (Phi) is 7.38. The molecule has 2 rings (SSSR count). The van der Waals surface area contributed by atoms with Crippen LogP contribution in [-0.4, -0.2) is 37.0 Å². The van der Waals surface area contributed by atoms with E-state index in [0.717, 1.165) is 0 Å². The number of nitrogens with zero attached hydrogens (tertiary/aromatic N) is 2. The fourth-order valence-corrected chi connectivity index (χ4v) is 3.30. The molecule has 0 saturated carbocycles. The Balaban J connectivity index is 0.00000364. The van der Waals surface area contributed by atoms with Gasteiger partial charge in [0.25, 0.3) is 0 Å². The number of sulfonamides is 1. The lowest BCUT2D eigenvalue weighted by Gasteiger charge is -2.19. The molecule has 0 saturated heterocycles. The Hall–Kier alpha value is -2.14. The topological polar surface area (TPSA) is 147 Å². The molecule has 2 aromatic rings. The van der Waals surface area contributed by atoms with E-state index in [9.17, 15) is 13.2 Å². The van der Waals surface area contributed by atoms with Gasteiger partial charge in [-0.05, 0) is 26.0 Å². The van der Waals surface area contributed by atoms with Crippen LogP contribution in [0.3, 0.4) is 0 Å². The molecule has 0 bridgehead atoms. The van der Waals surface area contributed by atoms with Crippen molar-refractivity contribution in [3.63, 3.8) is 0 Å². The van der Waals surface area contributed by atoms with Crippen molar-refractivity contribution < 1.29 is 18.3 Å². The van der Waals surface area contributed by atoms with Gasteiger partial charge in [0.15, 0.2) is 0 Å². The summed E-state index contributed by atoms with van der Waals surface area (Å²) in [6.45, 7) is 2.62. The zero-order valence-electron chi connectivity index (χ0n) is 14.4. The lowest BCUT2D eigenvalue weighted by molar-refractivity contribution is -0.146. The standard InChI is InChI=1S/C15H18ClN5O4S.ClH/c1-15(2,13(22)23)8-19-26(24,25)10-3-4-11-9(5-10)6-18-7-12(11)20-14(17)21-16;/h3-7,19H,8H2,1-2H3,(H,22,23)(H3,17,20,21);1H. The molecule has 0 aliphatic rings. The third-order valence-corrected chi connectivity index (χ3v) is 5.26. The first-order valence-electron chi connectivity index (χ1n) is 7.39. The molecule has 1 heterocycles. The minimum atomic E-state index is -3.89. The van der Waals surface area contributed by atoms with E-state index >= 15 is 0 Å². The minimum Gasteiger partial charge on any atom is -0.481 e. The van der Waals surface area contributed by atoms with Crippen LogP contribution in [-0.2, 0) is 14.8 Å². The molecule has 0 aliphatic heterocycles. The number of hydrogen-bond acceptors (Lipinski definition) is 5. The van der Waals surface area contributed by atoms with Gasteiger partial charge in [-0.3, -0.25) is 9.78 Å². The number of pyridine rings is 1. The van der Waals surface area contributed by atoms with Gasteiger partial charge in [0.05, 0.1) is 22.2 Å².